The quantitative estimate of drug-likeness (QED) is 0.460. The molecule has 0 saturated carbocycles. The van der Waals surface area contributed by atoms with Crippen LogP contribution in [-0.4, -0.2) is 45.6 Å². The number of aliphatic carboxylic acids is 1. The van der Waals surface area contributed by atoms with Gasteiger partial charge in [-0.1, -0.05) is 29.8 Å². The van der Waals surface area contributed by atoms with Crippen LogP contribution < -0.4 is 4.74 Å². The average Bonchev–Trinajstić information content (AvgIpc) is 3.14. The minimum absolute atomic E-state index is 0.191. The number of hydrogen-bond acceptors (Lipinski definition) is 5. The van der Waals surface area contributed by atoms with E-state index in [1.807, 2.05) is 41.8 Å². The maximum atomic E-state index is 10.4. The van der Waals surface area contributed by atoms with E-state index in [0.29, 0.717) is 19.2 Å². The Morgan fingerprint density at radius 2 is 1.83 bits per heavy atom. The van der Waals surface area contributed by atoms with Crippen molar-refractivity contribution in [2.75, 3.05) is 19.8 Å². The monoisotopic (exact) mass is 410 g/mol. The van der Waals surface area contributed by atoms with Gasteiger partial charge in [0.1, 0.15) is 12.4 Å². The van der Waals surface area contributed by atoms with E-state index in [-0.39, 0.29) is 12.4 Å². The Labute approximate surface area is 175 Å². The summed E-state index contributed by atoms with van der Waals surface area (Å²) < 4.78 is 12.9. The summed E-state index contributed by atoms with van der Waals surface area (Å²) in [4.78, 5) is 14.9. The molecule has 7 heteroatoms. The van der Waals surface area contributed by atoms with Gasteiger partial charge in [0.2, 0.25) is 0 Å². The first-order valence-electron chi connectivity index (χ1n) is 9.91. The maximum absolute atomic E-state index is 10.4. The first-order valence-corrected chi connectivity index (χ1v) is 9.91. The van der Waals surface area contributed by atoms with Crippen LogP contribution in [0.15, 0.2) is 54.7 Å². The Bertz CT molecular complexity index is 966. The topological polar surface area (TPSA) is 93.8 Å². The lowest BCUT2D eigenvalue weighted by Crippen LogP contribution is -2.08. The Kier molecular flexibility index (Phi) is 7.45. The molecule has 158 valence electrons. The SMILES string of the molecule is Cc1ccc(-n2c(-c3cccc(O)c3)cnc2OCCCCCOCC(=O)O)cc1. The lowest BCUT2D eigenvalue weighted by Gasteiger charge is -2.13. The molecule has 0 aliphatic heterocycles. The predicted octanol–water partition coefficient (Wildman–Crippen LogP) is 4.20. The lowest BCUT2D eigenvalue weighted by molar-refractivity contribution is -0.142. The van der Waals surface area contributed by atoms with Crippen LogP contribution in [0.2, 0.25) is 0 Å². The molecular formula is C23H26N2O5. The number of benzene rings is 2. The fourth-order valence-corrected chi connectivity index (χ4v) is 3.05. The number of carbonyl (C=O) groups is 1. The number of phenols is 1. The largest absolute Gasteiger partial charge is 0.508 e. The van der Waals surface area contributed by atoms with Crippen molar-refractivity contribution in [3.63, 3.8) is 0 Å². The number of phenolic OH excluding ortho intramolecular Hbond substituents is 1. The molecule has 0 aliphatic rings. The summed E-state index contributed by atoms with van der Waals surface area (Å²) in [6, 6.07) is 15.6. The van der Waals surface area contributed by atoms with Crippen molar-refractivity contribution in [2.24, 2.45) is 0 Å². The number of ether oxygens (including phenoxy) is 2. The zero-order valence-corrected chi connectivity index (χ0v) is 17.0. The number of rotatable bonds is 11. The highest BCUT2D eigenvalue weighted by molar-refractivity contribution is 5.68. The number of aromatic nitrogens is 2. The van der Waals surface area contributed by atoms with E-state index >= 15 is 0 Å². The summed E-state index contributed by atoms with van der Waals surface area (Å²) in [6.07, 6.45) is 4.18. The minimum Gasteiger partial charge on any atom is -0.508 e. The Morgan fingerprint density at radius 1 is 1.07 bits per heavy atom. The van der Waals surface area contributed by atoms with Crippen molar-refractivity contribution in [1.82, 2.24) is 9.55 Å². The fourth-order valence-electron chi connectivity index (χ4n) is 3.05. The first kappa shape index (κ1) is 21.4. The van der Waals surface area contributed by atoms with E-state index < -0.39 is 5.97 Å². The number of nitrogens with zero attached hydrogens (tertiary/aromatic N) is 2. The summed E-state index contributed by atoms with van der Waals surface area (Å²) in [5.41, 5.74) is 3.75. The highest BCUT2D eigenvalue weighted by Gasteiger charge is 2.15. The molecule has 0 bridgehead atoms. The zero-order chi connectivity index (χ0) is 21.3. The van der Waals surface area contributed by atoms with Crippen LogP contribution in [0.3, 0.4) is 0 Å². The smallest absolute Gasteiger partial charge is 0.329 e. The van der Waals surface area contributed by atoms with Gasteiger partial charge in [0.05, 0.1) is 24.2 Å². The molecule has 0 unspecified atom stereocenters. The number of aryl methyl sites for hydroxylation is 1. The number of carboxylic acid groups (broad SMARTS) is 1. The van der Waals surface area contributed by atoms with E-state index in [2.05, 4.69) is 4.98 Å². The Hall–Kier alpha value is -3.32. The van der Waals surface area contributed by atoms with Gasteiger partial charge in [0, 0.05) is 12.2 Å². The molecule has 2 aromatic carbocycles. The molecule has 2 N–H and O–H groups in total. The van der Waals surface area contributed by atoms with E-state index in [1.54, 1.807) is 24.4 Å². The summed E-state index contributed by atoms with van der Waals surface area (Å²) in [6.45, 7) is 2.68. The standard InChI is InChI=1S/C23H26N2O5/c1-17-8-10-19(11-9-17)25-21(18-6-5-7-20(26)14-18)15-24-23(25)30-13-4-2-3-12-29-16-22(27)28/h5-11,14-15,26H,2-4,12-13,16H2,1H3,(H,27,28). The molecule has 1 heterocycles. The van der Waals surface area contributed by atoms with E-state index in [9.17, 15) is 9.90 Å². The molecular weight excluding hydrogens is 384 g/mol. The van der Waals surface area contributed by atoms with Crippen LogP contribution >= 0.6 is 0 Å². The number of imidazole rings is 1. The van der Waals surface area contributed by atoms with Crippen LogP contribution in [0, 0.1) is 6.92 Å². The molecule has 30 heavy (non-hydrogen) atoms. The van der Waals surface area contributed by atoms with Crippen LogP contribution in [0.1, 0.15) is 24.8 Å². The zero-order valence-electron chi connectivity index (χ0n) is 17.0. The third-order valence-electron chi connectivity index (χ3n) is 4.55. The van der Waals surface area contributed by atoms with Crippen LogP contribution in [-0.2, 0) is 9.53 Å². The summed E-state index contributed by atoms with van der Waals surface area (Å²) >= 11 is 0. The summed E-state index contributed by atoms with van der Waals surface area (Å²) in [5, 5.41) is 18.4. The molecule has 0 aliphatic carbocycles. The second-order valence-electron chi connectivity index (χ2n) is 7.00. The van der Waals surface area contributed by atoms with Gasteiger partial charge < -0.3 is 19.7 Å². The summed E-state index contributed by atoms with van der Waals surface area (Å²) in [7, 11) is 0. The van der Waals surface area contributed by atoms with Gasteiger partial charge in [-0.05, 0) is 50.5 Å². The van der Waals surface area contributed by atoms with Crippen molar-refractivity contribution >= 4 is 5.97 Å². The van der Waals surface area contributed by atoms with Crippen molar-refractivity contribution in [1.29, 1.82) is 0 Å². The fraction of sp³-hybridized carbons (Fsp3) is 0.304. The summed E-state index contributed by atoms with van der Waals surface area (Å²) in [5.74, 6) is -0.763. The van der Waals surface area contributed by atoms with Gasteiger partial charge >= 0.3 is 12.0 Å². The Balaban J connectivity index is 1.68. The van der Waals surface area contributed by atoms with Crippen molar-refractivity contribution in [2.45, 2.75) is 26.2 Å². The minimum atomic E-state index is -0.955. The molecule has 1 aromatic heterocycles. The van der Waals surface area contributed by atoms with Crippen molar-refractivity contribution in [3.8, 4) is 28.7 Å². The van der Waals surface area contributed by atoms with E-state index in [1.165, 1.54) is 0 Å². The molecule has 3 aromatic rings. The van der Waals surface area contributed by atoms with Gasteiger partial charge in [-0.25, -0.2) is 9.78 Å². The van der Waals surface area contributed by atoms with Crippen molar-refractivity contribution in [3.05, 3.63) is 60.3 Å². The van der Waals surface area contributed by atoms with Crippen LogP contribution in [0.5, 0.6) is 11.8 Å². The third-order valence-corrected chi connectivity index (χ3v) is 4.55. The number of hydrogen-bond donors (Lipinski definition) is 2. The first-order chi connectivity index (χ1) is 14.5. The number of carboxylic acids is 1. The molecule has 0 spiro atoms. The van der Waals surface area contributed by atoms with Gasteiger partial charge in [-0.2, -0.15) is 0 Å². The molecule has 7 nitrogen and oxygen atoms in total. The second-order valence-corrected chi connectivity index (χ2v) is 7.00. The van der Waals surface area contributed by atoms with Gasteiger partial charge in [0.25, 0.3) is 0 Å². The maximum Gasteiger partial charge on any atom is 0.329 e. The predicted molar refractivity (Wildman–Crippen MR) is 113 cm³/mol. The van der Waals surface area contributed by atoms with Crippen LogP contribution in [0.25, 0.3) is 16.9 Å². The van der Waals surface area contributed by atoms with E-state index in [4.69, 9.17) is 14.6 Å². The normalized spacial score (nSPS) is 10.8. The Morgan fingerprint density at radius 3 is 2.57 bits per heavy atom. The lowest BCUT2D eigenvalue weighted by atomic mass is 10.1. The van der Waals surface area contributed by atoms with Crippen LogP contribution in [0.4, 0.5) is 0 Å². The molecule has 0 amide bonds. The van der Waals surface area contributed by atoms with Gasteiger partial charge in [0.15, 0.2) is 0 Å². The molecule has 0 atom stereocenters. The number of aromatic hydroxyl groups is 1. The second kappa shape index (κ2) is 10.5. The number of unbranched alkanes of at least 4 members (excludes halogenated alkanes) is 2. The third kappa shape index (κ3) is 5.84. The van der Waals surface area contributed by atoms with Gasteiger partial charge in [-0.3, -0.25) is 4.57 Å². The average molecular weight is 410 g/mol. The molecule has 3 rings (SSSR count). The molecule has 0 fully saturated rings. The van der Waals surface area contributed by atoms with E-state index in [0.717, 1.165) is 41.8 Å². The highest BCUT2D eigenvalue weighted by atomic mass is 16.5. The highest BCUT2D eigenvalue weighted by Crippen LogP contribution is 2.30. The van der Waals surface area contributed by atoms with Gasteiger partial charge in [-0.15, -0.1) is 0 Å². The van der Waals surface area contributed by atoms with Crippen molar-refractivity contribution < 1.29 is 24.5 Å². The molecule has 0 radical (unpaired) electrons. The molecule has 0 saturated heterocycles.